The minimum Gasteiger partial charge on any atom is -0.345 e. The fourth-order valence-electron chi connectivity index (χ4n) is 3.98. The number of benzene rings is 1. The fourth-order valence-corrected chi connectivity index (χ4v) is 4.25. The van der Waals surface area contributed by atoms with E-state index in [4.69, 9.17) is 0 Å². The van der Waals surface area contributed by atoms with Crippen LogP contribution in [0.5, 0.6) is 0 Å². The van der Waals surface area contributed by atoms with E-state index in [1.807, 2.05) is 24.3 Å². The number of nitrogens with zero attached hydrogens (tertiary/aromatic N) is 1. The van der Waals surface area contributed by atoms with Crippen LogP contribution in [0.1, 0.15) is 31.2 Å². The van der Waals surface area contributed by atoms with Gasteiger partial charge in [0, 0.05) is 30.4 Å². The van der Waals surface area contributed by atoms with Crippen LogP contribution in [0.25, 0.3) is 5.57 Å². The van der Waals surface area contributed by atoms with Crippen LogP contribution in [0.2, 0.25) is 0 Å². The maximum Gasteiger partial charge on any atom is 0.236 e. The third-order valence-electron chi connectivity index (χ3n) is 5.18. The van der Waals surface area contributed by atoms with Gasteiger partial charge in [0.15, 0.2) is 0 Å². The number of likely N-dealkylation sites (tertiary alicyclic amines) is 1. The molecule has 0 radical (unpaired) electrons. The van der Waals surface area contributed by atoms with Crippen molar-refractivity contribution >= 4 is 33.2 Å². The van der Waals surface area contributed by atoms with E-state index < -0.39 is 5.41 Å². The molecule has 0 unspecified atom stereocenters. The Balaban J connectivity index is 2.00. The Labute approximate surface area is 139 Å². The van der Waals surface area contributed by atoms with Gasteiger partial charge in [0.1, 0.15) is 11.2 Å². The van der Waals surface area contributed by atoms with Gasteiger partial charge < -0.3 is 4.90 Å². The van der Waals surface area contributed by atoms with Crippen LogP contribution in [-0.2, 0) is 9.59 Å². The summed E-state index contributed by atoms with van der Waals surface area (Å²) >= 11 is 3.43. The summed E-state index contributed by atoms with van der Waals surface area (Å²) in [5.74, 6) is 0.0178. The number of hydrogen-bond acceptors (Lipinski definition) is 2. The first kappa shape index (κ1) is 15.5. The van der Waals surface area contributed by atoms with Crippen molar-refractivity contribution in [1.82, 2.24) is 4.90 Å². The topological polar surface area (TPSA) is 37.4 Å². The van der Waals surface area contributed by atoms with E-state index >= 15 is 0 Å². The molecule has 1 spiro atoms. The Morgan fingerprint density at radius 1 is 1.32 bits per heavy atom. The summed E-state index contributed by atoms with van der Waals surface area (Å²) in [5.41, 5.74) is 1.07. The van der Waals surface area contributed by atoms with Crippen molar-refractivity contribution in [3.63, 3.8) is 0 Å². The fraction of sp³-hybridized carbons (Fsp3) is 0.444. The molecular formula is C18H20BrNO2. The van der Waals surface area contributed by atoms with Gasteiger partial charge in [-0.05, 0) is 42.5 Å². The molecule has 1 aliphatic carbocycles. The third kappa shape index (κ3) is 2.24. The van der Waals surface area contributed by atoms with Crippen LogP contribution < -0.4 is 0 Å². The van der Waals surface area contributed by atoms with Gasteiger partial charge in [-0.3, -0.25) is 9.59 Å². The number of ketones is 1. The molecule has 1 aromatic rings. The SMILES string of the molecule is C=C(c1ccc(Br)cc1)[C@@H]1CCN(C)C(=O)[C@]12CCCC2=O. The third-order valence-corrected chi connectivity index (χ3v) is 5.71. The van der Waals surface area contributed by atoms with E-state index in [9.17, 15) is 9.59 Å². The molecular weight excluding hydrogens is 342 g/mol. The number of halogens is 1. The first-order chi connectivity index (χ1) is 10.5. The van der Waals surface area contributed by atoms with Crippen molar-refractivity contribution in [2.24, 2.45) is 11.3 Å². The first-order valence-corrected chi connectivity index (χ1v) is 8.49. The van der Waals surface area contributed by atoms with Crippen LogP contribution in [0.4, 0.5) is 0 Å². The van der Waals surface area contributed by atoms with Crippen LogP contribution >= 0.6 is 15.9 Å². The van der Waals surface area contributed by atoms with Crippen molar-refractivity contribution in [2.75, 3.05) is 13.6 Å². The zero-order chi connectivity index (χ0) is 15.9. The van der Waals surface area contributed by atoms with Crippen LogP contribution in [-0.4, -0.2) is 30.2 Å². The quantitative estimate of drug-likeness (QED) is 0.753. The van der Waals surface area contributed by atoms with Gasteiger partial charge in [0.05, 0.1) is 0 Å². The van der Waals surface area contributed by atoms with Crippen LogP contribution in [0.3, 0.4) is 0 Å². The standard InChI is InChI=1S/C18H20BrNO2/c1-12(13-5-7-14(19)8-6-13)15-9-11-20(2)17(22)18(15)10-3-4-16(18)21/h5-8,15H,1,3-4,9-11H2,2H3/t15-,18+/m0/s1. The zero-order valence-electron chi connectivity index (χ0n) is 12.8. The second kappa shape index (κ2) is 5.65. The number of carbonyl (C=O) groups excluding carboxylic acids is 2. The Kier molecular flexibility index (Phi) is 3.98. The van der Waals surface area contributed by atoms with Gasteiger partial charge in [-0.15, -0.1) is 0 Å². The van der Waals surface area contributed by atoms with E-state index in [-0.39, 0.29) is 17.6 Å². The smallest absolute Gasteiger partial charge is 0.236 e. The van der Waals surface area contributed by atoms with Gasteiger partial charge >= 0.3 is 0 Å². The number of amides is 1. The highest BCUT2D eigenvalue weighted by molar-refractivity contribution is 9.10. The Hall–Kier alpha value is -1.42. The molecule has 116 valence electrons. The maximum absolute atomic E-state index is 12.8. The Morgan fingerprint density at radius 3 is 2.59 bits per heavy atom. The lowest BCUT2D eigenvalue weighted by Crippen LogP contribution is -2.54. The molecule has 1 saturated heterocycles. The van der Waals surface area contributed by atoms with Crippen molar-refractivity contribution in [1.29, 1.82) is 0 Å². The summed E-state index contributed by atoms with van der Waals surface area (Å²) in [4.78, 5) is 27.1. The van der Waals surface area contributed by atoms with E-state index in [0.717, 1.165) is 28.5 Å². The van der Waals surface area contributed by atoms with Gasteiger partial charge in [-0.1, -0.05) is 34.6 Å². The molecule has 0 bridgehead atoms. The van der Waals surface area contributed by atoms with Crippen molar-refractivity contribution in [2.45, 2.75) is 25.7 Å². The van der Waals surface area contributed by atoms with Gasteiger partial charge in [-0.2, -0.15) is 0 Å². The van der Waals surface area contributed by atoms with Gasteiger partial charge in [0.2, 0.25) is 5.91 Å². The van der Waals surface area contributed by atoms with E-state index in [2.05, 4.69) is 22.5 Å². The molecule has 0 aromatic heterocycles. The molecule has 3 rings (SSSR count). The van der Waals surface area contributed by atoms with Gasteiger partial charge in [0.25, 0.3) is 0 Å². The summed E-state index contributed by atoms with van der Waals surface area (Å²) in [6.07, 6.45) is 2.80. The molecule has 2 fully saturated rings. The van der Waals surface area contributed by atoms with Crippen molar-refractivity contribution in [3.05, 3.63) is 40.9 Å². The molecule has 3 nitrogen and oxygen atoms in total. The highest BCUT2D eigenvalue weighted by Crippen LogP contribution is 2.51. The largest absolute Gasteiger partial charge is 0.345 e. The first-order valence-electron chi connectivity index (χ1n) is 7.70. The van der Waals surface area contributed by atoms with Crippen molar-refractivity contribution in [3.8, 4) is 0 Å². The molecule has 4 heteroatoms. The van der Waals surface area contributed by atoms with E-state index in [0.29, 0.717) is 19.4 Å². The number of piperidine rings is 1. The second-order valence-electron chi connectivity index (χ2n) is 6.35. The van der Waals surface area contributed by atoms with Crippen LogP contribution in [0.15, 0.2) is 35.3 Å². The predicted molar refractivity (Wildman–Crippen MR) is 90.2 cm³/mol. The minimum absolute atomic E-state index is 0.00971. The lowest BCUT2D eigenvalue weighted by Gasteiger charge is -2.43. The molecule has 1 saturated carbocycles. The van der Waals surface area contributed by atoms with E-state index in [1.165, 1.54) is 0 Å². The molecule has 1 aliphatic heterocycles. The Bertz CT molecular complexity index is 637. The average molecular weight is 362 g/mol. The average Bonchev–Trinajstić information content (AvgIpc) is 2.88. The molecule has 0 N–H and O–H groups in total. The molecule has 1 aromatic carbocycles. The lowest BCUT2D eigenvalue weighted by molar-refractivity contribution is -0.153. The van der Waals surface area contributed by atoms with Gasteiger partial charge in [-0.25, -0.2) is 0 Å². The molecule has 1 amide bonds. The minimum atomic E-state index is -0.864. The molecule has 22 heavy (non-hydrogen) atoms. The number of carbonyl (C=O) groups is 2. The molecule has 2 atom stereocenters. The molecule has 1 heterocycles. The molecule has 2 aliphatic rings. The highest BCUT2D eigenvalue weighted by Gasteiger charge is 2.57. The monoisotopic (exact) mass is 361 g/mol. The number of allylic oxidation sites excluding steroid dienone is 1. The summed E-state index contributed by atoms with van der Waals surface area (Å²) in [5, 5.41) is 0. The summed E-state index contributed by atoms with van der Waals surface area (Å²) in [6, 6.07) is 7.95. The predicted octanol–water partition coefficient (Wildman–Crippen LogP) is 3.68. The van der Waals surface area contributed by atoms with Crippen LogP contribution in [0, 0.1) is 11.3 Å². The van der Waals surface area contributed by atoms with E-state index in [1.54, 1.807) is 11.9 Å². The van der Waals surface area contributed by atoms with Crippen molar-refractivity contribution < 1.29 is 9.59 Å². The highest BCUT2D eigenvalue weighted by atomic mass is 79.9. The zero-order valence-corrected chi connectivity index (χ0v) is 14.4. The summed E-state index contributed by atoms with van der Waals surface area (Å²) in [6.45, 7) is 4.94. The number of hydrogen-bond donors (Lipinski definition) is 0. The summed E-state index contributed by atoms with van der Waals surface area (Å²) in [7, 11) is 1.80. The Morgan fingerprint density at radius 2 is 2.00 bits per heavy atom. The second-order valence-corrected chi connectivity index (χ2v) is 7.26. The lowest BCUT2D eigenvalue weighted by atomic mass is 9.64. The number of rotatable bonds is 2. The normalized spacial score (nSPS) is 28.5. The summed E-state index contributed by atoms with van der Waals surface area (Å²) < 4.78 is 1.01. The maximum atomic E-state index is 12.8. The number of Topliss-reactive ketones (excluding diaryl/α,β-unsaturated/α-hetero) is 1.